The Labute approximate surface area is 199 Å². The van der Waals surface area contributed by atoms with Crippen molar-refractivity contribution in [1.82, 2.24) is 0 Å². The fourth-order valence-corrected chi connectivity index (χ4v) is 8.53. The number of cyclic esters (lactones) is 1. The van der Waals surface area contributed by atoms with Gasteiger partial charge in [0.1, 0.15) is 17.8 Å². The summed E-state index contributed by atoms with van der Waals surface area (Å²) in [6.45, 7) is 9.70. The van der Waals surface area contributed by atoms with Crippen LogP contribution in [-0.4, -0.2) is 35.5 Å². The molecule has 0 radical (unpaired) electrons. The quantitative estimate of drug-likeness (QED) is 0.475. The number of hydrogen-bond acceptors (Lipinski definition) is 7. The van der Waals surface area contributed by atoms with Crippen LogP contribution in [0.1, 0.15) is 65.5 Å². The van der Waals surface area contributed by atoms with Crippen molar-refractivity contribution in [2.75, 3.05) is 0 Å². The molecule has 0 aromatic carbocycles. The summed E-state index contributed by atoms with van der Waals surface area (Å²) in [4.78, 5) is 38.3. The standard InChI is InChI=1S/C27H32O7/c1-14(28)32-20-12-18-16(6-7-19(29)24(18,2)3)17-8-10-25(4)21(15-9-11-31-13-15)33-23(30)22-27(25,34-22)26(17,20)5/h6-7,9,11,13,16-18,20-22H,8,10,12H2,1-5H3/t16?,17-,18-,20-,21+,22-,25+,26+,27-/m1/s1. The van der Waals surface area contributed by atoms with E-state index in [-0.39, 0.29) is 35.5 Å². The number of esters is 2. The first kappa shape index (κ1) is 22.1. The molecular weight excluding hydrogens is 436 g/mol. The second kappa shape index (κ2) is 6.62. The van der Waals surface area contributed by atoms with Gasteiger partial charge in [0.05, 0.1) is 12.5 Å². The van der Waals surface area contributed by atoms with Crippen LogP contribution in [0.15, 0.2) is 35.2 Å². The van der Waals surface area contributed by atoms with E-state index >= 15 is 0 Å². The summed E-state index contributed by atoms with van der Waals surface area (Å²) in [7, 11) is 0. The molecule has 1 aromatic rings. The molecule has 2 saturated heterocycles. The highest BCUT2D eigenvalue weighted by molar-refractivity contribution is 5.95. The minimum absolute atomic E-state index is 0.0468. The average Bonchev–Trinajstić information content (AvgIpc) is 3.34. The van der Waals surface area contributed by atoms with Crippen molar-refractivity contribution >= 4 is 17.7 Å². The summed E-state index contributed by atoms with van der Waals surface area (Å²) in [5.41, 5.74) is -1.71. The highest BCUT2D eigenvalue weighted by Gasteiger charge is 2.87. The highest BCUT2D eigenvalue weighted by Crippen LogP contribution is 2.78. The van der Waals surface area contributed by atoms with Crippen LogP contribution >= 0.6 is 0 Å². The van der Waals surface area contributed by atoms with E-state index in [4.69, 9.17) is 18.6 Å². The van der Waals surface area contributed by atoms with Crippen molar-refractivity contribution in [3.05, 3.63) is 36.3 Å². The molecule has 2 saturated carbocycles. The maximum Gasteiger partial charge on any atom is 0.339 e. The van der Waals surface area contributed by atoms with Crippen LogP contribution in [0, 0.1) is 34.0 Å². The van der Waals surface area contributed by atoms with Gasteiger partial charge in [0, 0.05) is 28.7 Å². The molecule has 0 N–H and O–H groups in total. The number of carbonyl (C=O) groups is 3. The van der Waals surface area contributed by atoms with Crippen LogP contribution in [0.25, 0.3) is 0 Å². The van der Waals surface area contributed by atoms with Gasteiger partial charge in [0.15, 0.2) is 11.9 Å². The maximum atomic E-state index is 13.2. The smallest absolute Gasteiger partial charge is 0.339 e. The zero-order valence-electron chi connectivity index (χ0n) is 20.3. The molecule has 34 heavy (non-hydrogen) atoms. The van der Waals surface area contributed by atoms with Gasteiger partial charge in [-0.3, -0.25) is 9.59 Å². The Bertz CT molecular complexity index is 1100. The topological polar surface area (TPSA) is 95.3 Å². The van der Waals surface area contributed by atoms with E-state index < -0.39 is 40.2 Å². The molecule has 3 aliphatic carbocycles. The lowest BCUT2D eigenvalue weighted by atomic mass is 9.39. The normalized spacial score (nSPS) is 48.0. The van der Waals surface area contributed by atoms with Crippen molar-refractivity contribution in [1.29, 1.82) is 0 Å². The number of ketones is 1. The Balaban J connectivity index is 1.52. The third-order valence-corrected chi connectivity index (χ3v) is 10.3. The number of hydrogen-bond donors (Lipinski definition) is 0. The molecular formula is C27H32O7. The van der Waals surface area contributed by atoms with E-state index in [2.05, 4.69) is 19.9 Å². The molecule has 3 heterocycles. The zero-order valence-corrected chi connectivity index (χ0v) is 20.3. The molecule has 1 unspecified atom stereocenters. The van der Waals surface area contributed by atoms with Crippen molar-refractivity contribution in [2.45, 2.75) is 77.8 Å². The van der Waals surface area contributed by atoms with Crippen LogP contribution < -0.4 is 0 Å². The molecule has 4 fully saturated rings. The van der Waals surface area contributed by atoms with E-state index in [1.54, 1.807) is 18.6 Å². The third-order valence-electron chi connectivity index (χ3n) is 10.3. The first-order valence-corrected chi connectivity index (χ1v) is 12.3. The Hall–Kier alpha value is -2.41. The van der Waals surface area contributed by atoms with Gasteiger partial charge in [-0.25, -0.2) is 4.79 Å². The van der Waals surface area contributed by atoms with Gasteiger partial charge in [0.25, 0.3) is 0 Å². The lowest BCUT2D eigenvalue weighted by Gasteiger charge is -2.65. The summed E-state index contributed by atoms with van der Waals surface area (Å²) in [5.74, 6) is -0.342. The van der Waals surface area contributed by atoms with Gasteiger partial charge >= 0.3 is 11.9 Å². The fourth-order valence-electron chi connectivity index (χ4n) is 8.53. The third kappa shape index (κ3) is 2.39. The largest absolute Gasteiger partial charge is 0.472 e. The summed E-state index contributed by atoms with van der Waals surface area (Å²) in [6.07, 6.45) is 7.53. The van der Waals surface area contributed by atoms with Crippen molar-refractivity contribution < 1.29 is 33.0 Å². The molecule has 182 valence electrons. The number of ether oxygens (including phenoxy) is 3. The lowest BCUT2D eigenvalue weighted by Crippen LogP contribution is -2.70. The summed E-state index contributed by atoms with van der Waals surface area (Å²) < 4.78 is 23.8. The molecule has 7 heteroatoms. The monoisotopic (exact) mass is 468 g/mol. The van der Waals surface area contributed by atoms with Crippen LogP contribution in [-0.2, 0) is 28.6 Å². The van der Waals surface area contributed by atoms with E-state index in [0.29, 0.717) is 6.42 Å². The average molecular weight is 469 g/mol. The number of furan rings is 1. The first-order valence-electron chi connectivity index (χ1n) is 12.3. The predicted octanol–water partition coefficient (Wildman–Crippen LogP) is 4.17. The predicted molar refractivity (Wildman–Crippen MR) is 119 cm³/mol. The SMILES string of the molecule is CC(=O)O[C@@H]1C[C@@H]2C(C=CC(=O)C2(C)C)[C@H]2CC[C@@]3(C)[C@H](c4ccoc4)OC(=O)[C@H]4O[C@]43[C@@]21C. The number of rotatable bonds is 2. The van der Waals surface area contributed by atoms with Crippen LogP contribution in [0.5, 0.6) is 0 Å². The van der Waals surface area contributed by atoms with Crippen LogP contribution in [0.4, 0.5) is 0 Å². The second-order valence-electron chi connectivity index (χ2n) is 11.9. The summed E-state index contributed by atoms with van der Waals surface area (Å²) in [6, 6.07) is 1.84. The number of epoxide rings is 1. The Kier molecular flexibility index (Phi) is 4.30. The van der Waals surface area contributed by atoms with Crippen LogP contribution in [0.2, 0.25) is 0 Å². The van der Waals surface area contributed by atoms with Gasteiger partial charge < -0.3 is 18.6 Å². The minimum Gasteiger partial charge on any atom is -0.472 e. The van der Waals surface area contributed by atoms with Gasteiger partial charge in [-0.15, -0.1) is 0 Å². The Morgan fingerprint density at radius 2 is 1.88 bits per heavy atom. The zero-order chi connectivity index (χ0) is 24.3. The van der Waals surface area contributed by atoms with E-state index in [0.717, 1.165) is 18.4 Å². The Morgan fingerprint density at radius 1 is 1.12 bits per heavy atom. The molecule has 0 bridgehead atoms. The first-order chi connectivity index (χ1) is 16.0. The van der Waals surface area contributed by atoms with Gasteiger partial charge in [0.2, 0.25) is 0 Å². The van der Waals surface area contributed by atoms with Crippen LogP contribution in [0.3, 0.4) is 0 Å². The van der Waals surface area contributed by atoms with Crippen molar-refractivity contribution in [3.8, 4) is 0 Å². The van der Waals surface area contributed by atoms with Gasteiger partial charge in [-0.2, -0.15) is 0 Å². The van der Waals surface area contributed by atoms with Gasteiger partial charge in [-0.1, -0.05) is 33.8 Å². The number of carbonyl (C=O) groups excluding carboxylic acids is 3. The van der Waals surface area contributed by atoms with E-state index in [9.17, 15) is 14.4 Å². The van der Waals surface area contributed by atoms with Crippen molar-refractivity contribution in [3.63, 3.8) is 0 Å². The second-order valence-corrected chi connectivity index (χ2v) is 11.9. The maximum absolute atomic E-state index is 13.2. The molecule has 2 aliphatic heterocycles. The molecule has 7 nitrogen and oxygen atoms in total. The molecule has 1 aromatic heterocycles. The minimum atomic E-state index is -0.829. The molecule has 9 atom stereocenters. The number of fused-ring (bicyclic) bond motifs is 3. The molecule has 1 spiro atoms. The highest BCUT2D eigenvalue weighted by atomic mass is 16.7. The fraction of sp³-hybridized carbons (Fsp3) is 0.667. The van der Waals surface area contributed by atoms with E-state index in [1.807, 2.05) is 19.9 Å². The van der Waals surface area contributed by atoms with Crippen molar-refractivity contribution in [2.24, 2.45) is 34.0 Å². The van der Waals surface area contributed by atoms with Gasteiger partial charge in [-0.05, 0) is 49.2 Å². The lowest BCUT2D eigenvalue weighted by molar-refractivity contribution is -0.236. The summed E-state index contributed by atoms with van der Waals surface area (Å²) in [5, 5.41) is 0. The van der Waals surface area contributed by atoms with E-state index in [1.165, 1.54) is 6.92 Å². The molecule has 6 rings (SSSR count). The summed E-state index contributed by atoms with van der Waals surface area (Å²) >= 11 is 0. The molecule has 5 aliphatic rings. The molecule has 0 amide bonds. The Morgan fingerprint density at radius 3 is 2.56 bits per heavy atom. The number of allylic oxidation sites excluding steroid dienone is 2.